The Bertz CT molecular complexity index is 771. The summed E-state index contributed by atoms with van der Waals surface area (Å²) in [6, 6.07) is 3.97. The van der Waals surface area contributed by atoms with E-state index in [1.165, 1.54) is 0 Å². The monoisotopic (exact) mass is 289 g/mol. The maximum Gasteiger partial charge on any atom is 0.165 e. The number of hydrogen-bond acceptors (Lipinski definition) is 3. The van der Waals surface area contributed by atoms with Crippen LogP contribution < -0.4 is 0 Å². The lowest BCUT2D eigenvalue weighted by atomic mass is 10.3. The molecule has 0 unspecified atom stereocenters. The van der Waals surface area contributed by atoms with Crippen LogP contribution in [0.1, 0.15) is 17.2 Å². The minimum atomic E-state index is 0.529. The molecule has 0 aliphatic carbocycles. The van der Waals surface area contributed by atoms with Gasteiger partial charge in [0.15, 0.2) is 5.65 Å². The second kappa shape index (κ2) is 4.90. The van der Waals surface area contributed by atoms with Crippen molar-refractivity contribution < 1.29 is 0 Å². The molecule has 0 saturated carbocycles. The van der Waals surface area contributed by atoms with E-state index in [1.807, 2.05) is 39.2 Å². The summed E-state index contributed by atoms with van der Waals surface area (Å²) >= 11 is 5.90. The Morgan fingerprint density at radius 3 is 2.65 bits per heavy atom. The van der Waals surface area contributed by atoms with Crippen LogP contribution in [0.3, 0.4) is 0 Å². The molecule has 0 aromatic carbocycles. The molecule has 0 aliphatic rings. The number of pyridine rings is 1. The van der Waals surface area contributed by atoms with Crippen molar-refractivity contribution in [3.05, 3.63) is 35.5 Å². The Morgan fingerprint density at radius 1 is 1.20 bits per heavy atom. The lowest BCUT2D eigenvalue weighted by molar-refractivity contribution is 0.756. The van der Waals surface area contributed by atoms with E-state index in [0.29, 0.717) is 12.3 Å². The maximum absolute atomic E-state index is 5.90. The zero-order chi connectivity index (χ0) is 14.3. The third-order valence-corrected chi connectivity index (χ3v) is 3.45. The molecule has 0 spiro atoms. The molecule has 3 heterocycles. The van der Waals surface area contributed by atoms with E-state index in [1.54, 1.807) is 4.68 Å². The molecule has 6 heteroatoms. The predicted octanol–water partition coefficient (Wildman–Crippen LogP) is 2.55. The molecule has 0 saturated heterocycles. The van der Waals surface area contributed by atoms with Crippen molar-refractivity contribution in [2.75, 3.05) is 5.88 Å². The van der Waals surface area contributed by atoms with Gasteiger partial charge in [0.25, 0.3) is 0 Å². The fourth-order valence-electron chi connectivity index (χ4n) is 2.41. The first-order valence-electron chi connectivity index (χ1n) is 6.51. The SMILES string of the molecule is Cc1ccc2nc(CCCl)n(-c3cn(C)nc3C)c2n1. The molecule has 0 amide bonds. The molecule has 0 radical (unpaired) electrons. The van der Waals surface area contributed by atoms with Crippen molar-refractivity contribution in [3.63, 3.8) is 0 Å². The molecule has 3 aromatic heterocycles. The van der Waals surface area contributed by atoms with Crippen LogP contribution in [-0.2, 0) is 13.5 Å². The van der Waals surface area contributed by atoms with E-state index in [9.17, 15) is 0 Å². The average Bonchev–Trinajstić information content (AvgIpc) is 2.89. The summed E-state index contributed by atoms with van der Waals surface area (Å²) in [6.07, 6.45) is 2.68. The van der Waals surface area contributed by atoms with E-state index in [0.717, 1.165) is 34.1 Å². The van der Waals surface area contributed by atoms with Gasteiger partial charge >= 0.3 is 0 Å². The normalized spacial score (nSPS) is 11.4. The van der Waals surface area contributed by atoms with Crippen LogP contribution in [0, 0.1) is 13.8 Å². The molecule has 3 aromatic rings. The summed E-state index contributed by atoms with van der Waals surface area (Å²) in [6.45, 7) is 3.97. The number of aromatic nitrogens is 5. The fourth-order valence-corrected chi connectivity index (χ4v) is 2.58. The van der Waals surface area contributed by atoms with E-state index < -0.39 is 0 Å². The van der Waals surface area contributed by atoms with Gasteiger partial charge in [0.1, 0.15) is 11.3 Å². The molecular formula is C14H16ClN5. The van der Waals surface area contributed by atoms with Gasteiger partial charge in [-0.2, -0.15) is 5.10 Å². The van der Waals surface area contributed by atoms with E-state index in [4.69, 9.17) is 11.6 Å². The summed E-state index contributed by atoms with van der Waals surface area (Å²) in [7, 11) is 1.91. The van der Waals surface area contributed by atoms with Crippen LogP contribution in [0.15, 0.2) is 18.3 Å². The topological polar surface area (TPSA) is 48.5 Å². The van der Waals surface area contributed by atoms with Crippen molar-refractivity contribution >= 4 is 22.8 Å². The van der Waals surface area contributed by atoms with Gasteiger partial charge in [-0.15, -0.1) is 11.6 Å². The average molecular weight is 290 g/mol. The van der Waals surface area contributed by atoms with Gasteiger partial charge < -0.3 is 0 Å². The standard InChI is InChI=1S/C14H16ClN5/c1-9-4-5-11-14(16-9)20(13(17-11)6-7-15)12-8-19(3)18-10(12)2/h4-5,8H,6-7H2,1-3H3. The van der Waals surface area contributed by atoms with Crippen molar-refractivity contribution in [2.45, 2.75) is 20.3 Å². The molecule has 0 bridgehead atoms. The Labute approximate surface area is 122 Å². The van der Waals surface area contributed by atoms with Crippen LogP contribution in [0.25, 0.3) is 16.9 Å². The van der Waals surface area contributed by atoms with Gasteiger partial charge in [0, 0.05) is 31.2 Å². The molecule has 0 fully saturated rings. The Balaban J connectivity index is 2.33. The number of rotatable bonds is 3. The highest BCUT2D eigenvalue weighted by Gasteiger charge is 2.16. The molecule has 5 nitrogen and oxygen atoms in total. The third kappa shape index (κ3) is 2.08. The Hall–Kier alpha value is -1.88. The first-order chi connectivity index (χ1) is 9.60. The van der Waals surface area contributed by atoms with Crippen LogP contribution in [-0.4, -0.2) is 30.2 Å². The highest BCUT2D eigenvalue weighted by Crippen LogP contribution is 2.22. The van der Waals surface area contributed by atoms with Gasteiger partial charge in [-0.05, 0) is 26.0 Å². The fraction of sp³-hybridized carbons (Fsp3) is 0.357. The van der Waals surface area contributed by atoms with Crippen molar-refractivity contribution in [1.29, 1.82) is 0 Å². The van der Waals surface area contributed by atoms with Gasteiger partial charge in [0.2, 0.25) is 0 Å². The lowest BCUT2D eigenvalue weighted by Crippen LogP contribution is -2.03. The molecule has 0 aliphatic heterocycles. The molecule has 0 atom stereocenters. The minimum Gasteiger partial charge on any atom is -0.277 e. The molecular weight excluding hydrogens is 274 g/mol. The van der Waals surface area contributed by atoms with E-state index in [2.05, 4.69) is 19.6 Å². The number of nitrogens with zero attached hydrogens (tertiary/aromatic N) is 5. The van der Waals surface area contributed by atoms with Crippen LogP contribution in [0.4, 0.5) is 0 Å². The number of hydrogen-bond donors (Lipinski definition) is 0. The predicted molar refractivity (Wildman–Crippen MR) is 79.5 cm³/mol. The van der Waals surface area contributed by atoms with Crippen molar-refractivity contribution in [1.82, 2.24) is 24.3 Å². The zero-order valence-corrected chi connectivity index (χ0v) is 12.5. The van der Waals surface area contributed by atoms with Gasteiger partial charge in [-0.3, -0.25) is 9.25 Å². The highest BCUT2D eigenvalue weighted by atomic mass is 35.5. The summed E-state index contributed by atoms with van der Waals surface area (Å²) in [4.78, 5) is 9.27. The Morgan fingerprint density at radius 2 is 2.00 bits per heavy atom. The quantitative estimate of drug-likeness (QED) is 0.696. The highest BCUT2D eigenvalue weighted by molar-refractivity contribution is 6.17. The zero-order valence-electron chi connectivity index (χ0n) is 11.8. The van der Waals surface area contributed by atoms with Crippen molar-refractivity contribution in [3.8, 4) is 5.69 Å². The second-order valence-corrected chi connectivity index (χ2v) is 5.25. The van der Waals surface area contributed by atoms with Gasteiger partial charge in [-0.25, -0.2) is 9.97 Å². The molecule has 20 heavy (non-hydrogen) atoms. The third-order valence-electron chi connectivity index (χ3n) is 3.26. The van der Waals surface area contributed by atoms with Crippen LogP contribution >= 0.6 is 11.6 Å². The van der Waals surface area contributed by atoms with Crippen molar-refractivity contribution in [2.24, 2.45) is 7.05 Å². The van der Waals surface area contributed by atoms with E-state index in [-0.39, 0.29) is 0 Å². The first-order valence-corrected chi connectivity index (χ1v) is 7.05. The number of alkyl halides is 1. The molecule has 0 N–H and O–H groups in total. The summed E-state index contributed by atoms with van der Waals surface area (Å²) in [5.74, 6) is 1.45. The molecule has 104 valence electrons. The van der Waals surface area contributed by atoms with E-state index >= 15 is 0 Å². The van der Waals surface area contributed by atoms with Gasteiger partial charge in [0.05, 0.1) is 11.4 Å². The number of halogens is 1. The summed E-state index contributed by atoms with van der Waals surface area (Å²) in [5, 5.41) is 4.40. The number of aryl methyl sites for hydroxylation is 4. The second-order valence-electron chi connectivity index (χ2n) is 4.87. The first kappa shape index (κ1) is 13.1. The van der Waals surface area contributed by atoms with Crippen LogP contribution in [0.5, 0.6) is 0 Å². The Kier molecular flexibility index (Phi) is 3.22. The largest absolute Gasteiger partial charge is 0.277 e. The van der Waals surface area contributed by atoms with Gasteiger partial charge in [-0.1, -0.05) is 0 Å². The smallest absolute Gasteiger partial charge is 0.165 e. The summed E-state index contributed by atoms with van der Waals surface area (Å²) in [5.41, 5.74) is 4.68. The lowest BCUT2D eigenvalue weighted by Gasteiger charge is -2.06. The molecule has 3 rings (SSSR count). The summed E-state index contributed by atoms with van der Waals surface area (Å²) < 4.78 is 3.86. The number of imidazole rings is 1. The number of fused-ring (bicyclic) bond motifs is 1. The maximum atomic E-state index is 5.90. The van der Waals surface area contributed by atoms with Crippen LogP contribution in [0.2, 0.25) is 0 Å². The minimum absolute atomic E-state index is 0.529.